The maximum Gasteiger partial charge on any atom is 0.248 e. The molecule has 1 unspecified atom stereocenters. The van der Waals surface area contributed by atoms with Crippen LogP contribution in [0.15, 0.2) is 21.2 Å². The predicted octanol–water partition coefficient (Wildman–Crippen LogP) is 1.83. The molecule has 0 saturated carbocycles. The van der Waals surface area contributed by atoms with Gasteiger partial charge in [0.25, 0.3) is 0 Å². The largest absolute Gasteiger partial charge is 0.421 e. The molecule has 8 nitrogen and oxygen atoms in total. The van der Waals surface area contributed by atoms with Crippen LogP contribution in [0.25, 0.3) is 11.5 Å². The van der Waals surface area contributed by atoms with E-state index in [4.69, 9.17) is 9.15 Å². The summed E-state index contributed by atoms with van der Waals surface area (Å²) in [5, 5.41) is 12.0. The minimum atomic E-state index is -0.107. The van der Waals surface area contributed by atoms with Crippen LogP contribution >= 0.6 is 11.3 Å². The van der Waals surface area contributed by atoms with Crippen LogP contribution < -0.4 is 0 Å². The summed E-state index contributed by atoms with van der Waals surface area (Å²) in [6, 6.07) is 1.92. The third kappa shape index (κ3) is 4.41. The molecule has 1 atom stereocenters. The number of carbonyl (C=O) groups excluding carboxylic acids is 2. The van der Waals surface area contributed by atoms with Gasteiger partial charge in [-0.1, -0.05) is 0 Å². The highest BCUT2D eigenvalue weighted by atomic mass is 32.1. The Balaban J connectivity index is 1.29. The minimum Gasteiger partial charge on any atom is -0.421 e. The van der Waals surface area contributed by atoms with Crippen LogP contribution in [0.5, 0.6) is 0 Å². The Hall–Kier alpha value is -2.26. The van der Waals surface area contributed by atoms with E-state index in [0.29, 0.717) is 64.0 Å². The highest BCUT2D eigenvalue weighted by molar-refractivity contribution is 7.08. The van der Waals surface area contributed by atoms with E-state index in [0.717, 1.165) is 18.4 Å². The van der Waals surface area contributed by atoms with E-state index in [2.05, 4.69) is 10.2 Å². The number of morpholine rings is 1. The Morgan fingerprint density at radius 3 is 2.82 bits per heavy atom. The number of amides is 2. The molecule has 0 bridgehead atoms. The zero-order chi connectivity index (χ0) is 19.3. The molecule has 0 aromatic carbocycles. The molecule has 2 fully saturated rings. The van der Waals surface area contributed by atoms with Gasteiger partial charge in [-0.15, -0.1) is 10.2 Å². The van der Waals surface area contributed by atoms with Crippen molar-refractivity contribution in [3.05, 3.63) is 22.7 Å². The van der Waals surface area contributed by atoms with E-state index in [1.807, 2.05) is 26.6 Å². The fourth-order valence-corrected chi connectivity index (χ4v) is 4.31. The van der Waals surface area contributed by atoms with Crippen molar-refractivity contribution in [2.24, 2.45) is 5.92 Å². The molecule has 9 heteroatoms. The van der Waals surface area contributed by atoms with Crippen LogP contribution in [0.3, 0.4) is 0 Å². The van der Waals surface area contributed by atoms with Crippen LogP contribution in [0, 0.1) is 5.92 Å². The summed E-state index contributed by atoms with van der Waals surface area (Å²) in [7, 11) is 0. The minimum absolute atomic E-state index is 0.0368. The second-order valence-electron chi connectivity index (χ2n) is 7.13. The van der Waals surface area contributed by atoms with Gasteiger partial charge >= 0.3 is 0 Å². The second-order valence-corrected chi connectivity index (χ2v) is 7.91. The van der Waals surface area contributed by atoms with Crippen molar-refractivity contribution in [3.63, 3.8) is 0 Å². The van der Waals surface area contributed by atoms with Crippen molar-refractivity contribution in [1.29, 1.82) is 0 Å². The van der Waals surface area contributed by atoms with Crippen LogP contribution in [0.4, 0.5) is 0 Å². The Labute approximate surface area is 167 Å². The normalized spacial score (nSPS) is 20.4. The standard InChI is InChI=1S/C19H24N4O4S/c24-17(4-3-16-20-21-18(27-16)15-5-11-28-13-15)23-6-1-2-14(12-23)19(25)22-7-9-26-10-8-22/h5,11,13-14H,1-4,6-10,12H2. The van der Waals surface area contributed by atoms with E-state index < -0.39 is 0 Å². The molecule has 2 aliphatic heterocycles. The SMILES string of the molecule is O=C(CCc1nnc(-c2ccsc2)o1)N1CCCC(C(=O)N2CCOCC2)C1. The van der Waals surface area contributed by atoms with Gasteiger partial charge in [0.15, 0.2) is 0 Å². The number of aromatic nitrogens is 2. The summed E-state index contributed by atoms with van der Waals surface area (Å²) in [4.78, 5) is 29.0. The molecule has 0 spiro atoms. The summed E-state index contributed by atoms with van der Waals surface area (Å²) in [6.07, 6.45) is 2.42. The van der Waals surface area contributed by atoms with E-state index in [-0.39, 0.29) is 17.7 Å². The summed E-state index contributed by atoms with van der Waals surface area (Å²) in [5.41, 5.74) is 0.899. The second kappa shape index (κ2) is 8.83. The first kappa shape index (κ1) is 19.1. The van der Waals surface area contributed by atoms with Crippen molar-refractivity contribution in [3.8, 4) is 11.5 Å². The van der Waals surface area contributed by atoms with E-state index in [1.54, 1.807) is 11.3 Å². The lowest BCUT2D eigenvalue weighted by molar-refractivity contribution is -0.144. The molecule has 150 valence electrons. The third-order valence-electron chi connectivity index (χ3n) is 5.23. The first-order valence-corrected chi connectivity index (χ1v) is 10.6. The Bertz CT molecular complexity index is 801. The maximum atomic E-state index is 12.7. The number of likely N-dealkylation sites (tertiary alicyclic amines) is 1. The lowest BCUT2D eigenvalue weighted by Gasteiger charge is -2.36. The highest BCUT2D eigenvalue weighted by Crippen LogP contribution is 2.22. The Morgan fingerprint density at radius 1 is 1.18 bits per heavy atom. The van der Waals surface area contributed by atoms with Gasteiger partial charge in [0.1, 0.15) is 0 Å². The van der Waals surface area contributed by atoms with Gasteiger partial charge < -0.3 is 19.0 Å². The van der Waals surface area contributed by atoms with Crippen molar-refractivity contribution in [2.75, 3.05) is 39.4 Å². The number of hydrogen-bond donors (Lipinski definition) is 0. The summed E-state index contributed by atoms with van der Waals surface area (Å²) in [6.45, 7) is 3.69. The zero-order valence-electron chi connectivity index (χ0n) is 15.7. The molecule has 4 heterocycles. The molecule has 2 aromatic rings. The van der Waals surface area contributed by atoms with Gasteiger partial charge in [-0.05, 0) is 24.3 Å². The molecule has 2 aromatic heterocycles. The van der Waals surface area contributed by atoms with Gasteiger partial charge in [-0.3, -0.25) is 9.59 Å². The first-order chi connectivity index (χ1) is 13.7. The monoisotopic (exact) mass is 404 g/mol. The predicted molar refractivity (Wildman–Crippen MR) is 103 cm³/mol. The first-order valence-electron chi connectivity index (χ1n) is 9.70. The van der Waals surface area contributed by atoms with E-state index >= 15 is 0 Å². The number of aryl methyl sites for hydroxylation is 1. The lowest BCUT2D eigenvalue weighted by Crippen LogP contribution is -2.49. The molecule has 28 heavy (non-hydrogen) atoms. The van der Waals surface area contributed by atoms with Gasteiger partial charge in [0.05, 0.1) is 19.1 Å². The number of nitrogens with zero attached hydrogens (tertiary/aromatic N) is 4. The quantitative estimate of drug-likeness (QED) is 0.755. The van der Waals surface area contributed by atoms with Crippen molar-refractivity contribution >= 4 is 23.2 Å². The molecule has 2 amide bonds. The lowest BCUT2D eigenvalue weighted by atomic mass is 9.96. The molecule has 0 N–H and O–H groups in total. The Morgan fingerprint density at radius 2 is 2.04 bits per heavy atom. The van der Waals surface area contributed by atoms with Crippen LogP contribution in [0.2, 0.25) is 0 Å². The molecule has 4 rings (SSSR count). The van der Waals surface area contributed by atoms with Crippen molar-refractivity contribution in [2.45, 2.75) is 25.7 Å². The molecular weight excluding hydrogens is 380 g/mol. The number of rotatable bonds is 5. The number of hydrogen-bond acceptors (Lipinski definition) is 7. The summed E-state index contributed by atoms with van der Waals surface area (Å²) in [5.74, 6) is 1.03. The van der Waals surface area contributed by atoms with E-state index in [9.17, 15) is 9.59 Å². The average Bonchev–Trinajstić information content (AvgIpc) is 3.44. The number of thiophene rings is 1. The summed E-state index contributed by atoms with van der Waals surface area (Å²) < 4.78 is 11.0. The molecule has 0 aliphatic carbocycles. The number of carbonyl (C=O) groups is 2. The molecule has 2 aliphatic rings. The smallest absolute Gasteiger partial charge is 0.248 e. The maximum absolute atomic E-state index is 12.7. The van der Waals surface area contributed by atoms with Crippen molar-refractivity contribution in [1.82, 2.24) is 20.0 Å². The fraction of sp³-hybridized carbons (Fsp3) is 0.579. The molecule has 0 radical (unpaired) electrons. The number of ether oxygens (including phenoxy) is 1. The van der Waals surface area contributed by atoms with Crippen molar-refractivity contribution < 1.29 is 18.7 Å². The van der Waals surface area contributed by atoms with E-state index in [1.165, 1.54) is 0 Å². The van der Waals surface area contributed by atoms with Crippen LogP contribution in [-0.2, 0) is 20.7 Å². The van der Waals surface area contributed by atoms with Gasteiger partial charge in [-0.25, -0.2) is 0 Å². The number of piperidine rings is 1. The zero-order valence-corrected chi connectivity index (χ0v) is 16.5. The van der Waals surface area contributed by atoms with Gasteiger partial charge in [-0.2, -0.15) is 11.3 Å². The fourth-order valence-electron chi connectivity index (χ4n) is 3.68. The third-order valence-corrected chi connectivity index (χ3v) is 5.92. The van der Waals surface area contributed by atoms with Crippen LogP contribution in [-0.4, -0.2) is 71.2 Å². The van der Waals surface area contributed by atoms with Gasteiger partial charge in [0.2, 0.25) is 23.6 Å². The van der Waals surface area contributed by atoms with Gasteiger partial charge in [0, 0.05) is 50.0 Å². The highest BCUT2D eigenvalue weighted by Gasteiger charge is 2.31. The average molecular weight is 404 g/mol. The molecule has 2 saturated heterocycles. The summed E-state index contributed by atoms with van der Waals surface area (Å²) >= 11 is 1.57. The molecular formula is C19H24N4O4S. The van der Waals surface area contributed by atoms with Crippen LogP contribution in [0.1, 0.15) is 25.2 Å². The Kier molecular flexibility index (Phi) is 6.01. The topological polar surface area (TPSA) is 88.8 Å².